The lowest BCUT2D eigenvalue weighted by Crippen LogP contribution is -2.62. The van der Waals surface area contributed by atoms with Crippen LogP contribution < -0.4 is 18.9 Å². The van der Waals surface area contributed by atoms with Crippen molar-refractivity contribution in [3.8, 4) is 23.0 Å². The Morgan fingerprint density at radius 3 is 0.812 bits per heavy atom. The first kappa shape index (κ1) is 42.3. The van der Waals surface area contributed by atoms with Crippen molar-refractivity contribution in [2.75, 3.05) is 106 Å². The second-order valence-corrected chi connectivity index (χ2v) is 16.2. The minimum atomic E-state index is -1.34. The molecule has 0 aliphatic carbocycles. The molecule has 338 valence electrons. The molecule has 4 aromatic rings. The van der Waals surface area contributed by atoms with Crippen LogP contribution in [0, 0.1) is 0 Å². The summed E-state index contributed by atoms with van der Waals surface area (Å²) in [4.78, 5) is 39.3. The van der Waals surface area contributed by atoms with E-state index in [0.717, 1.165) is 33.4 Å². The quantitative estimate of drug-likeness (QED) is 0.261. The second kappa shape index (κ2) is 18.8. The van der Waals surface area contributed by atoms with Gasteiger partial charge in [0.2, 0.25) is 0 Å². The van der Waals surface area contributed by atoms with Crippen molar-refractivity contribution in [1.82, 2.24) is 19.6 Å². The number of amides is 4. The monoisotopic (exact) mass is 878 g/mol. The SMILES string of the molecule is O=C1N2Cc3cc4c(cc3CN3C(=O)N5Cc6cc7c(cc6CN1C5(c1ccccc1)C23c1ccccc1)OCCOCCOCCOCCO7)OCCOCCOCCOCCO4. The molecule has 2 fully saturated rings. The van der Waals surface area contributed by atoms with Gasteiger partial charge in [0.15, 0.2) is 34.3 Å². The largest absolute Gasteiger partial charge is 0.487 e. The fourth-order valence-electron chi connectivity index (χ4n) is 9.92. The molecule has 0 aromatic heterocycles. The van der Waals surface area contributed by atoms with Crippen LogP contribution in [0.5, 0.6) is 23.0 Å². The van der Waals surface area contributed by atoms with Crippen LogP contribution in [0.1, 0.15) is 33.4 Å². The van der Waals surface area contributed by atoms with Crippen molar-refractivity contribution in [3.05, 3.63) is 118 Å². The van der Waals surface area contributed by atoms with Gasteiger partial charge in [-0.1, -0.05) is 60.7 Å². The number of urea groups is 2. The summed E-state index contributed by atoms with van der Waals surface area (Å²) in [6.07, 6.45) is 0. The van der Waals surface area contributed by atoms with E-state index in [4.69, 9.17) is 47.4 Å². The zero-order chi connectivity index (χ0) is 43.4. The zero-order valence-electron chi connectivity index (χ0n) is 35.9. The highest BCUT2D eigenvalue weighted by Gasteiger charge is 2.80. The number of hydrogen-bond donors (Lipinski definition) is 0. The number of fused-ring (bicyclic) bond motifs is 4. The smallest absolute Gasteiger partial charge is 0.325 e. The summed E-state index contributed by atoms with van der Waals surface area (Å²) in [5, 5.41) is 0. The third-order valence-corrected chi connectivity index (χ3v) is 12.6. The molecule has 10 rings (SSSR count). The Labute approximate surface area is 372 Å². The van der Waals surface area contributed by atoms with Crippen molar-refractivity contribution < 1.29 is 57.0 Å². The van der Waals surface area contributed by atoms with Crippen molar-refractivity contribution >= 4 is 12.1 Å². The zero-order valence-corrected chi connectivity index (χ0v) is 35.9. The van der Waals surface area contributed by atoms with Crippen LogP contribution in [0.2, 0.25) is 0 Å². The van der Waals surface area contributed by atoms with E-state index in [9.17, 15) is 0 Å². The molecule has 4 aromatic carbocycles. The fourth-order valence-corrected chi connectivity index (χ4v) is 9.92. The predicted octanol–water partition coefficient (Wildman–Crippen LogP) is 5.24. The number of nitrogens with zero attached hydrogens (tertiary/aromatic N) is 4. The Kier molecular flexibility index (Phi) is 12.5. The van der Waals surface area contributed by atoms with Gasteiger partial charge < -0.3 is 47.4 Å². The third kappa shape index (κ3) is 7.55. The van der Waals surface area contributed by atoms with Crippen molar-refractivity contribution in [3.63, 3.8) is 0 Å². The fraction of sp³-hybridized carbons (Fsp3) is 0.458. The topological polar surface area (TPSA) is 139 Å². The summed E-state index contributed by atoms with van der Waals surface area (Å²) in [6.45, 7) is 6.83. The molecule has 16 nitrogen and oxygen atoms in total. The van der Waals surface area contributed by atoms with Gasteiger partial charge in [-0.05, 0) is 46.5 Å². The molecule has 16 heteroatoms. The van der Waals surface area contributed by atoms with Crippen LogP contribution in [0.25, 0.3) is 0 Å². The highest BCUT2D eigenvalue weighted by molar-refractivity contribution is 5.90. The number of rotatable bonds is 2. The van der Waals surface area contributed by atoms with Crippen LogP contribution in [0.4, 0.5) is 9.59 Å². The maximum Gasteiger partial charge on any atom is 0.325 e. The minimum Gasteiger partial charge on any atom is -0.487 e. The average Bonchev–Trinajstić information content (AvgIpc) is 3.47. The number of ether oxygens (including phenoxy) is 10. The number of hydrogen-bond acceptors (Lipinski definition) is 12. The van der Waals surface area contributed by atoms with Gasteiger partial charge in [-0.3, -0.25) is 19.6 Å². The van der Waals surface area contributed by atoms with Gasteiger partial charge >= 0.3 is 12.1 Å². The minimum absolute atomic E-state index is 0.181. The summed E-state index contributed by atoms with van der Waals surface area (Å²) in [5.41, 5.74) is 2.31. The molecule has 6 heterocycles. The van der Waals surface area contributed by atoms with Gasteiger partial charge in [-0.2, -0.15) is 0 Å². The number of carbonyl (C=O) groups excluding carboxylic acids is 2. The molecule has 64 heavy (non-hydrogen) atoms. The van der Waals surface area contributed by atoms with Gasteiger partial charge in [0, 0.05) is 11.1 Å². The van der Waals surface area contributed by atoms with Crippen molar-refractivity contribution in [1.29, 1.82) is 0 Å². The number of benzene rings is 4. The molecule has 2 saturated heterocycles. The first-order valence-electron chi connectivity index (χ1n) is 22.2. The van der Waals surface area contributed by atoms with E-state index in [1.807, 2.05) is 105 Å². The maximum absolute atomic E-state index is 15.9. The van der Waals surface area contributed by atoms with Gasteiger partial charge in [-0.15, -0.1) is 0 Å². The number of carbonyl (C=O) groups is 2. The van der Waals surface area contributed by atoms with Crippen LogP contribution in [0.3, 0.4) is 0 Å². The lowest BCUT2D eigenvalue weighted by Gasteiger charge is -2.49. The Morgan fingerprint density at radius 1 is 0.328 bits per heavy atom. The Balaban J connectivity index is 1.10. The first-order valence-corrected chi connectivity index (χ1v) is 22.2. The summed E-state index contributed by atoms with van der Waals surface area (Å²) in [5.74, 6) is 2.09. The standard InChI is InChI=1S/C48H54N4O12/c53-45-49-31-35-27-41-42(62-24-20-58-16-12-55-11-15-57-19-23-61-41)28-36(35)32-50-46(54)52-34-38-30-44-43(63-25-21-59-17-13-56-14-18-60-22-26-64-44)29-37(38)33-51(45)48(52,40-9-5-2-6-10-40)47(49,50)39-7-3-1-4-8-39/h1-10,27-30H,11-26,31-34H2. The maximum atomic E-state index is 15.9. The molecule has 6 aliphatic rings. The third-order valence-electron chi connectivity index (χ3n) is 12.6. The molecule has 0 N–H and O–H groups in total. The highest BCUT2D eigenvalue weighted by atomic mass is 16.6. The molecule has 0 saturated carbocycles. The van der Waals surface area contributed by atoms with Gasteiger partial charge in [-0.25, -0.2) is 9.59 Å². The van der Waals surface area contributed by atoms with E-state index in [0.29, 0.717) is 102 Å². The average molecular weight is 879 g/mol. The van der Waals surface area contributed by atoms with E-state index in [1.165, 1.54) is 0 Å². The van der Waals surface area contributed by atoms with Crippen molar-refractivity contribution in [2.24, 2.45) is 0 Å². The van der Waals surface area contributed by atoms with E-state index in [2.05, 4.69) is 0 Å². The van der Waals surface area contributed by atoms with Crippen LogP contribution >= 0.6 is 0 Å². The molecule has 0 atom stereocenters. The summed E-state index contributed by atoms with van der Waals surface area (Å²) < 4.78 is 59.6. The molecular formula is C48H54N4O12. The van der Waals surface area contributed by atoms with E-state index in [-0.39, 0.29) is 64.7 Å². The Morgan fingerprint density at radius 2 is 0.562 bits per heavy atom. The highest BCUT2D eigenvalue weighted by Crippen LogP contribution is 2.65. The van der Waals surface area contributed by atoms with Crippen molar-refractivity contribution in [2.45, 2.75) is 37.5 Å². The van der Waals surface area contributed by atoms with E-state index < -0.39 is 11.3 Å². The molecular weight excluding hydrogens is 825 g/mol. The summed E-state index contributed by atoms with van der Waals surface area (Å²) >= 11 is 0. The Hall–Kier alpha value is -5.62. The summed E-state index contributed by atoms with van der Waals surface area (Å²) in [6, 6.07) is 27.3. The Bertz CT molecular complexity index is 2020. The lowest BCUT2D eigenvalue weighted by atomic mass is 9.79. The second-order valence-electron chi connectivity index (χ2n) is 16.2. The molecule has 0 bridgehead atoms. The normalized spacial score (nSPS) is 24.8. The molecule has 0 radical (unpaired) electrons. The molecule has 0 unspecified atom stereocenters. The van der Waals surface area contributed by atoms with E-state index in [1.54, 1.807) is 0 Å². The van der Waals surface area contributed by atoms with Crippen LogP contribution in [-0.4, -0.2) is 137 Å². The molecule has 4 amide bonds. The van der Waals surface area contributed by atoms with Crippen LogP contribution in [0.15, 0.2) is 84.9 Å². The predicted molar refractivity (Wildman–Crippen MR) is 229 cm³/mol. The van der Waals surface area contributed by atoms with E-state index >= 15 is 9.59 Å². The molecule has 0 spiro atoms. The first-order chi connectivity index (χ1) is 31.6. The molecule has 6 aliphatic heterocycles. The van der Waals surface area contributed by atoms with Crippen LogP contribution in [-0.2, 0) is 65.9 Å². The lowest BCUT2D eigenvalue weighted by molar-refractivity contribution is -0.0793. The van der Waals surface area contributed by atoms with Gasteiger partial charge in [0.05, 0.1) is 105 Å². The van der Waals surface area contributed by atoms with Gasteiger partial charge in [0.25, 0.3) is 0 Å². The van der Waals surface area contributed by atoms with Gasteiger partial charge in [0.1, 0.15) is 26.4 Å². The summed E-state index contributed by atoms with van der Waals surface area (Å²) in [7, 11) is 0.